The molecule has 0 saturated heterocycles. The lowest BCUT2D eigenvalue weighted by Crippen LogP contribution is -2.47. The zero-order chi connectivity index (χ0) is 24.7. The van der Waals surface area contributed by atoms with Crippen LogP contribution in [0.15, 0.2) is 60.8 Å². The van der Waals surface area contributed by atoms with Gasteiger partial charge in [-0.05, 0) is 67.4 Å². The van der Waals surface area contributed by atoms with E-state index in [0.29, 0.717) is 22.7 Å². The average molecular weight is 465 g/mol. The van der Waals surface area contributed by atoms with Crippen LogP contribution in [0.4, 0.5) is 5.69 Å². The van der Waals surface area contributed by atoms with E-state index in [1.165, 1.54) is 0 Å². The first-order valence-corrected chi connectivity index (χ1v) is 10.9. The van der Waals surface area contributed by atoms with Crippen LogP contribution in [0.3, 0.4) is 0 Å². The Balaban J connectivity index is 1.65. The highest BCUT2D eigenvalue weighted by Gasteiger charge is 2.25. The summed E-state index contributed by atoms with van der Waals surface area (Å²) in [5.41, 5.74) is 1.93. The molecule has 2 N–H and O–H groups in total. The number of ether oxygens (including phenoxy) is 2. The highest BCUT2D eigenvalue weighted by Crippen LogP contribution is 2.16. The summed E-state index contributed by atoms with van der Waals surface area (Å²) in [6, 6.07) is 14.5. The van der Waals surface area contributed by atoms with E-state index in [4.69, 9.17) is 9.47 Å². The van der Waals surface area contributed by atoms with Crippen LogP contribution in [0.25, 0.3) is 5.69 Å². The average Bonchev–Trinajstić information content (AvgIpc) is 3.33. The number of hydrogen-bond donors (Lipinski definition) is 2. The lowest BCUT2D eigenvalue weighted by molar-refractivity contribution is -0.118. The van der Waals surface area contributed by atoms with Crippen LogP contribution in [-0.2, 0) is 9.53 Å². The maximum atomic E-state index is 12.9. The summed E-state index contributed by atoms with van der Waals surface area (Å²) in [5, 5.41) is 9.85. The van der Waals surface area contributed by atoms with Gasteiger partial charge in [0, 0.05) is 17.4 Å². The summed E-state index contributed by atoms with van der Waals surface area (Å²) < 4.78 is 11.6. The van der Waals surface area contributed by atoms with Crippen molar-refractivity contribution in [1.29, 1.82) is 0 Å². The van der Waals surface area contributed by atoms with Gasteiger partial charge in [0.2, 0.25) is 5.91 Å². The summed E-state index contributed by atoms with van der Waals surface area (Å²) in [6.07, 6.45) is 1.66. The summed E-state index contributed by atoms with van der Waals surface area (Å²) in [6.45, 7) is 5.73. The maximum absolute atomic E-state index is 12.9. The first-order chi connectivity index (χ1) is 16.3. The van der Waals surface area contributed by atoms with Crippen molar-refractivity contribution in [3.05, 3.63) is 72.1 Å². The summed E-state index contributed by atoms with van der Waals surface area (Å²) in [4.78, 5) is 37.3. The highest BCUT2D eigenvalue weighted by atomic mass is 16.5. The van der Waals surface area contributed by atoms with Gasteiger partial charge in [0.1, 0.15) is 11.8 Å². The molecule has 1 atom stereocenters. The molecule has 0 fully saturated rings. The SMILES string of the molecule is CCOC(=O)c1ccn(-c2ccc(NC(=O)C(NC(=O)c3ccc(OC)cc3)C(C)C)cc2)n1. The molecule has 0 radical (unpaired) electrons. The van der Waals surface area contributed by atoms with E-state index in [-0.39, 0.29) is 30.0 Å². The number of methoxy groups -OCH3 is 1. The van der Waals surface area contributed by atoms with Crippen LogP contribution < -0.4 is 15.4 Å². The highest BCUT2D eigenvalue weighted by molar-refractivity contribution is 6.01. The van der Waals surface area contributed by atoms with Crippen LogP contribution in [0.2, 0.25) is 0 Å². The number of nitrogens with one attached hydrogen (secondary N) is 2. The second kappa shape index (κ2) is 11.1. The molecule has 34 heavy (non-hydrogen) atoms. The Morgan fingerprint density at radius 1 is 1.00 bits per heavy atom. The molecule has 3 aromatic rings. The number of nitrogens with zero attached hydrogens (tertiary/aromatic N) is 2. The van der Waals surface area contributed by atoms with Crippen LogP contribution in [0.1, 0.15) is 41.6 Å². The molecule has 1 heterocycles. The minimum atomic E-state index is -0.729. The number of esters is 1. The van der Waals surface area contributed by atoms with Gasteiger partial charge in [0.25, 0.3) is 5.91 Å². The first kappa shape index (κ1) is 24.5. The largest absolute Gasteiger partial charge is 0.497 e. The van der Waals surface area contributed by atoms with Crippen LogP contribution in [0, 0.1) is 5.92 Å². The molecule has 2 amide bonds. The Labute approximate surface area is 198 Å². The van der Waals surface area contributed by atoms with Gasteiger partial charge in [-0.15, -0.1) is 0 Å². The molecule has 0 bridgehead atoms. The van der Waals surface area contributed by atoms with E-state index in [1.807, 2.05) is 13.8 Å². The van der Waals surface area contributed by atoms with Gasteiger partial charge in [0.15, 0.2) is 5.69 Å². The van der Waals surface area contributed by atoms with E-state index in [2.05, 4.69) is 15.7 Å². The Bertz CT molecular complexity index is 1140. The molecule has 0 aliphatic heterocycles. The van der Waals surface area contributed by atoms with E-state index in [9.17, 15) is 14.4 Å². The molecule has 0 spiro atoms. The number of aromatic nitrogens is 2. The van der Waals surface area contributed by atoms with Crippen molar-refractivity contribution in [3.63, 3.8) is 0 Å². The molecule has 0 aliphatic rings. The second-order valence-corrected chi connectivity index (χ2v) is 7.83. The lowest BCUT2D eigenvalue weighted by Gasteiger charge is -2.22. The van der Waals surface area contributed by atoms with Gasteiger partial charge in [0.05, 0.1) is 19.4 Å². The zero-order valence-electron chi connectivity index (χ0n) is 19.6. The molecule has 0 aliphatic carbocycles. The van der Waals surface area contributed by atoms with Crippen molar-refractivity contribution < 1.29 is 23.9 Å². The molecule has 178 valence electrons. The van der Waals surface area contributed by atoms with Crippen LogP contribution >= 0.6 is 0 Å². The van der Waals surface area contributed by atoms with Gasteiger partial charge in [-0.3, -0.25) is 9.59 Å². The third-order valence-electron chi connectivity index (χ3n) is 5.06. The molecular formula is C25H28N4O5. The zero-order valence-corrected chi connectivity index (χ0v) is 19.6. The van der Waals surface area contributed by atoms with E-state index >= 15 is 0 Å². The molecule has 3 rings (SSSR count). The van der Waals surface area contributed by atoms with Crippen LogP contribution in [0.5, 0.6) is 5.75 Å². The molecule has 1 unspecified atom stereocenters. The number of carbonyl (C=O) groups is 3. The fourth-order valence-electron chi connectivity index (χ4n) is 3.20. The van der Waals surface area contributed by atoms with Gasteiger partial charge < -0.3 is 20.1 Å². The molecular weight excluding hydrogens is 436 g/mol. The predicted molar refractivity (Wildman–Crippen MR) is 127 cm³/mol. The number of benzene rings is 2. The Morgan fingerprint density at radius 2 is 1.68 bits per heavy atom. The Hall–Kier alpha value is -4.14. The molecule has 2 aromatic carbocycles. The third kappa shape index (κ3) is 6.00. The molecule has 9 nitrogen and oxygen atoms in total. The Kier molecular flexibility index (Phi) is 8.02. The third-order valence-corrected chi connectivity index (χ3v) is 5.06. The first-order valence-electron chi connectivity index (χ1n) is 10.9. The number of hydrogen-bond acceptors (Lipinski definition) is 6. The van der Waals surface area contributed by atoms with Gasteiger partial charge in [-0.2, -0.15) is 5.10 Å². The molecule has 1 aromatic heterocycles. The van der Waals surface area contributed by atoms with Crippen LogP contribution in [-0.4, -0.2) is 47.3 Å². The minimum absolute atomic E-state index is 0.133. The Morgan fingerprint density at radius 3 is 2.26 bits per heavy atom. The topological polar surface area (TPSA) is 112 Å². The number of amides is 2. The lowest BCUT2D eigenvalue weighted by atomic mass is 10.0. The molecule has 9 heteroatoms. The fraction of sp³-hybridized carbons (Fsp3) is 0.280. The van der Waals surface area contributed by atoms with E-state index < -0.39 is 12.0 Å². The van der Waals surface area contributed by atoms with Gasteiger partial charge in [-0.25, -0.2) is 9.48 Å². The van der Waals surface area contributed by atoms with Crippen molar-refractivity contribution in [2.24, 2.45) is 5.92 Å². The van der Waals surface area contributed by atoms with E-state index in [1.54, 1.807) is 79.5 Å². The van der Waals surface area contributed by atoms with Crippen molar-refractivity contribution in [2.45, 2.75) is 26.8 Å². The number of carbonyl (C=O) groups excluding carboxylic acids is 3. The smallest absolute Gasteiger partial charge is 0.358 e. The fourth-order valence-corrected chi connectivity index (χ4v) is 3.20. The van der Waals surface area contributed by atoms with Crippen molar-refractivity contribution in [2.75, 3.05) is 19.0 Å². The quantitative estimate of drug-likeness (QED) is 0.469. The maximum Gasteiger partial charge on any atom is 0.358 e. The normalized spacial score (nSPS) is 11.6. The monoisotopic (exact) mass is 464 g/mol. The molecule has 0 saturated carbocycles. The summed E-state index contributed by atoms with van der Waals surface area (Å²) in [5.74, 6) is -0.644. The summed E-state index contributed by atoms with van der Waals surface area (Å²) >= 11 is 0. The van der Waals surface area contributed by atoms with Crippen molar-refractivity contribution >= 4 is 23.5 Å². The van der Waals surface area contributed by atoms with Gasteiger partial charge >= 0.3 is 5.97 Å². The number of anilines is 1. The van der Waals surface area contributed by atoms with Gasteiger partial charge in [-0.1, -0.05) is 13.8 Å². The second-order valence-electron chi connectivity index (χ2n) is 7.83. The van der Waals surface area contributed by atoms with Crippen molar-refractivity contribution in [1.82, 2.24) is 15.1 Å². The predicted octanol–water partition coefficient (Wildman–Crippen LogP) is 3.45. The summed E-state index contributed by atoms with van der Waals surface area (Å²) in [7, 11) is 1.55. The minimum Gasteiger partial charge on any atom is -0.497 e. The number of rotatable bonds is 9. The van der Waals surface area contributed by atoms with E-state index in [0.717, 1.165) is 0 Å². The standard InChI is InChI=1S/C25H28N4O5/c1-5-34-25(32)21-14-15-29(28-21)19-10-8-18(9-11-19)26-24(31)22(16(2)3)27-23(30)17-6-12-20(33-4)13-7-17/h6-16,22H,5H2,1-4H3,(H,26,31)(H,27,30). The van der Waals surface area contributed by atoms with Crippen molar-refractivity contribution in [3.8, 4) is 11.4 Å².